The number of carbonyl (C=O) groups is 1. The van der Waals surface area contributed by atoms with Gasteiger partial charge in [0.1, 0.15) is 35.6 Å². The van der Waals surface area contributed by atoms with Gasteiger partial charge in [-0.1, -0.05) is 18.2 Å². The van der Waals surface area contributed by atoms with Crippen LogP contribution in [0, 0.1) is 17.1 Å². The van der Waals surface area contributed by atoms with E-state index in [9.17, 15) is 14.4 Å². The number of hydrogen-bond acceptors (Lipinski definition) is 5. The Balaban J connectivity index is 1.65. The van der Waals surface area contributed by atoms with Crippen molar-refractivity contribution >= 4 is 21.7 Å². The summed E-state index contributed by atoms with van der Waals surface area (Å²) in [4.78, 5) is 12.6. The molecule has 4 rings (SSSR count). The fraction of sp³-hybridized carbons (Fsp3) is 0.217. The summed E-state index contributed by atoms with van der Waals surface area (Å²) in [6, 6.07) is 13.7. The predicted octanol–water partition coefficient (Wildman–Crippen LogP) is 4.98. The van der Waals surface area contributed by atoms with Crippen molar-refractivity contribution in [3.8, 4) is 11.8 Å². The van der Waals surface area contributed by atoms with Crippen molar-refractivity contribution in [2.75, 3.05) is 0 Å². The van der Waals surface area contributed by atoms with E-state index in [1.165, 1.54) is 12.1 Å². The van der Waals surface area contributed by atoms with Gasteiger partial charge >= 0.3 is 0 Å². The number of Topliss-reactive ketones (excluding diaryl/α,β-unsaturated/α-hetero) is 1. The van der Waals surface area contributed by atoms with Crippen molar-refractivity contribution in [3.05, 3.63) is 86.7 Å². The van der Waals surface area contributed by atoms with E-state index in [2.05, 4.69) is 22.0 Å². The average Bonchev–Trinajstić information content (AvgIpc) is 2.72. The zero-order valence-electron chi connectivity index (χ0n) is 16.0. The highest BCUT2D eigenvalue weighted by molar-refractivity contribution is 9.10. The maximum absolute atomic E-state index is 13.4. The summed E-state index contributed by atoms with van der Waals surface area (Å²) in [5.74, 6) is 0.243. The monoisotopic (exact) mass is 468 g/mol. The summed E-state index contributed by atoms with van der Waals surface area (Å²) in [5.41, 5.74) is 8.17. The molecule has 0 saturated carbocycles. The summed E-state index contributed by atoms with van der Waals surface area (Å²) in [6.45, 7) is 0.205. The molecule has 0 amide bonds. The maximum Gasteiger partial charge on any atom is 0.205 e. The van der Waals surface area contributed by atoms with Gasteiger partial charge in [0.2, 0.25) is 5.88 Å². The first-order chi connectivity index (χ1) is 14.5. The minimum absolute atomic E-state index is 0.0240. The smallest absolute Gasteiger partial charge is 0.205 e. The highest BCUT2D eigenvalue weighted by Gasteiger charge is 2.38. The van der Waals surface area contributed by atoms with Crippen LogP contribution in [-0.4, -0.2) is 5.78 Å². The van der Waals surface area contributed by atoms with E-state index in [0.29, 0.717) is 46.4 Å². The predicted molar refractivity (Wildman–Crippen MR) is 111 cm³/mol. The van der Waals surface area contributed by atoms with Crippen LogP contribution in [0.4, 0.5) is 4.39 Å². The lowest BCUT2D eigenvalue weighted by Crippen LogP contribution is -2.27. The van der Waals surface area contributed by atoms with Gasteiger partial charge < -0.3 is 15.2 Å². The van der Waals surface area contributed by atoms with Crippen molar-refractivity contribution in [2.45, 2.75) is 31.8 Å². The molecule has 1 atom stereocenters. The first-order valence-electron chi connectivity index (χ1n) is 9.48. The molecule has 0 bridgehead atoms. The number of hydrogen-bond donors (Lipinski definition) is 1. The quantitative estimate of drug-likeness (QED) is 0.683. The van der Waals surface area contributed by atoms with E-state index >= 15 is 0 Å². The molecular formula is C23H18BrFN2O3. The lowest BCUT2D eigenvalue weighted by Gasteiger charge is -2.31. The van der Waals surface area contributed by atoms with E-state index in [-0.39, 0.29) is 29.7 Å². The summed E-state index contributed by atoms with van der Waals surface area (Å²) in [7, 11) is 0. The third kappa shape index (κ3) is 3.83. The normalized spacial score (nSPS) is 18.6. The first-order valence-corrected chi connectivity index (χ1v) is 10.3. The molecule has 0 unspecified atom stereocenters. The number of nitrogens with zero attached hydrogens (tertiary/aromatic N) is 1. The highest BCUT2D eigenvalue weighted by atomic mass is 79.9. The first kappa shape index (κ1) is 20.2. The Hall–Kier alpha value is -3.11. The number of benzene rings is 2. The molecule has 2 aromatic carbocycles. The molecule has 1 aliphatic carbocycles. The summed E-state index contributed by atoms with van der Waals surface area (Å²) < 4.78 is 25.4. The fourth-order valence-electron chi connectivity index (χ4n) is 3.79. The molecule has 1 aliphatic heterocycles. The number of halogens is 2. The summed E-state index contributed by atoms with van der Waals surface area (Å²) in [5, 5.41) is 9.66. The molecular weight excluding hydrogens is 451 g/mol. The van der Waals surface area contributed by atoms with Crippen LogP contribution in [0.15, 0.2) is 69.7 Å². The number of nitrogens with two attached hydrogens (primary N) is 1. The minimum atomic E-state index is -0.569. The van der Waals surface area contributed by atoms with Gasteiger partial charge in [-0.15, -0.1) is 0 Å². The Kier molecular flexibility index (Phi) is 5.60. The molecule has 152 valence electrons. The van der Waals surface area contributed by atoms with Crippen LogP contribution in [-0.2, 0) is 16.1 Å². The van der Waals surface area contributed by atoms with E-state index in [1.807, 2.05) is 6.07 Å². The van der Waals surface area contributed by atoms with Crippen molar-refractivity contribution in [1.29, 1.82) is 5.26 Å². The maximum atomic E-state index is 13.4. The lowest BCUT2D eigenvalue weighted by molar-refractivity contribution is -0.116. The molecule has 2 N–H and O–H groups in total. The van der Waals surface area contributed by atoms with Crippen molar-refractivity contribution in [1.82, 2.24) is 0 Å². The van der Waals surface area contributed by atoms with Gasteiger partial charge in [-0.3, -0.25) is 4.79 Å². The van der Waals surface area contributed by atoms with Gasteiger partial charge in [-0.2, -0.15) is 5.26 Å². The zero-order valence-corrected chi connectivity index (χ0v) is 17.5. The molecule has 30 heavy (non-hydrogen) atoms. The third-order valence-corrected chi connectivity index (χ3v) is 5.80. The Bertz CT molecular complexity index is 1130. The van der Waals surface area contributed by atoms with Gasteiger partial charge in [0.25, 0.3) is 0 Å². The van der Waals surface area contributed by atoms with Crippen LogP contribution in [0.3, 0.4) is 0 Å². The standard InChI is InChI=1S/C23H18BrFN2O3/c24-17-10-14(7-8-19(17)29-12-13-3-1-4-15(25)9-13)21-16(11-26)23(27)30-20-6-2-5-18(28)22(20)21/h1,3-4,7-10,21H,2,5-6,12,27H2/t21-/m1/s1. The summed E-state index contributed by atoms with van der Waals surface area (Å²) in [6.07, 6.45) is 1.75. The molecule has 0 spiro atoms. The lowest BCUT2D eigenvalue weighted by atomic mass is 9.77. The second kappa shape index (κ2) is 8.33. The van der Waals surface area contributed by atoms with Crippen molar-refractivity contribution in [3.63, 3.8) is 0 Å². The zero-order chi connectivity index (χ0) is 21.3. The average molecular weight is 469 g/mol. The summed E-state index contributed by atoms with van der Waals surface area (Å²) >= 11 is 3.50. The van der Waals surface area contributed by atoms with E-state index in [1.54, 1.807) is 24.3 Å². The van der Waals surface area contributed by atoms with Crippen LogP contribution in [0.25, 0.3) is 0 Å². The Labute approximate surface area is 181 Å². The van der Waals surface area contributed by atoms with Crippen LogP contribution in [0.5, 0.6) is 5.75 Å². The number of ketones is 1. The second-order valence-corrected chi connectivity index (χ2v) is 8.00. The van der Waals surface area contributed by atoms with Crippen LogP contribution in [0.1, 0.15) is 36.3 Å². The molecule has 0 saturated heterocycles. The van der Waals surface area contributed by atoms with Crippen LogP contribution >= 0.6 is 15.9 Å². The van der Waals surface area contributed by atoms with Gasteiger partial charge in [0.15, 0.2) is 5.78 Å². The Morgan fingerprint density at radius 2 is 2.10 bits per heavy atom. The SMILES string of the molecule is N#CC1=C(N)OC2=C(C(=O)CCC2)[C@@H]1c1ccc(OCc2cccc(F)c2)c(Br)c1. The second-order valence-electron chi connectivity index (χ2n) is 7.15. The van der Waals surface area contributed by atoms with E-state index in [4.69, 9.17) is 15.2 Å². The van der Waals surface area contributed by atoms with Crippen molar-refractivity contribution < 1.29 is 18.7 Å². The molecule has 2 aliphatic rings. The van der Waals surface area contributed by atoms with Gasteiger partial charge in [-0.25, -0.2) is 4.39 Å². The van der Waals surface area contributed by atoms with Crippen LogP contribution in [0.2, 0.25) is 0 Å². The molecule has 7 heteroatoms. The van der Waals surface area contributed by atoms with Gasteiger partial charge in [0.05, 0.1) is 10.4 Å². The third-order valence-electron chi connectivity index (χ3n) is 5.18. The van der Waals surface area contributed by atoms with E-state index < -0.39 is 5.92 Å². The number of allylic oxidation sites excluding steroid dienone is 3. The molecule has 0 radical (unpaired) electrons. The van der Waals surface area contributed by atoms with Gasteiger partial charge in [0, 0.05) is 18.4 Å². The molecule has 1 heterocycles. The fourth-order valence-corrected chi connectivity index (χ4v) is 4.30. The topological polar surface area (TPSA) is 85.3 Å². The molecule has 2 aromatic rings. The molecule has 0 aromatic heterocycles. The highest BCUT2D eigenvalue weighted by Crippen LogP contribution is 2.44. The van der Waals surface area contributed by atoms with Crippen LogP contribution < -0.4 is 10.5 Å². The Morgan fingerprint density at radius 3 is 2.83 bits per heavy atom. The van der Waals surface area contributed by atoms with Crippen molar-refractivity contribution in [2.24, 2.45) is 5.73 Å². The number of nitriles is 1. The molecule has 5 nitrogen and oxygen atoms in total. The number of carbonyl (C=O) groups excluding carboxylic acids is 1. The largest absolute Gasteiger partial charge is 0.488 e. The van der Waals surface area contributed by atoms with E-state index in [0.717, 1.165) is 5.56 Å². The van der Waals surface area contributed by atoms with Gasteiger partial charge in [-0.05, 0) is 57.7 Å². The molecule has 0 fully saturated rings. The Morgan fingerprint density at radius 1 is 1.27 bits per heavy atom. The number of ether oxygens (including phenoxy) is 2. The number of rotatable bonds is 4. The minimum Gasteiger partial charge on any atom is -0.488 e.